The summed E-state index contributed by atoms with van der Waals surface area (Å²) in [5.74, 6) is -0.0510. The Balaban J connectivity index is 1.78. The number of morpholine rings is 1. The maximum atomic E-state index is 12.0. The van der Waals surface area contributed by atoms with Crippen molar-refractivity contribution in [3.05, 3.63) is 17.5 Å². The zero-order chi connectivity index (χ0) is 14.7. The quantitative estimate of drug-likeness (QED) is 0.876. The van der Waals surface area contributed by atoms with E-state index in [1.54, 1.807) is 10.9 Å². The van der Waals surface area contributed by atoms with Crippen molar-refractivity contribution in [2.45, 2.75) is 33.0 Å². The minimum Gasteiger partial charge on any atom is -0.373 e. The molecule has 1 aromatic rings. The first-order chi connectivity index (χ1) is 9.47. The minimum absolute atomic E-state index is 0.0510. The van der Waals surface area contributed by atoms with Gasteiger partial charge in [-0.2, -0.15) is 5.10 Å². The van der Waals surface area contributed by atoms with Crippen molar-refractivity contribution < 1.29 is 9.53 Å². The number of amides is 1. The molecule has 6 nitrogen and oxygen atoms in total. The van der Waals surface area contributed by atoms with Gasteiger partial charge in [0.25, 0.3) is 5.91 Å². The van der Waals surface area contributed by atoms with E-state index in [1.165, 1.54) is 0 Å². The molecule has 112 valence electrons. The summed E-state index contributed by atoms with van der Waals surface area (Å²) in [5, 5.41) is 7.04. The van der Waals surface area contributed by atoms with Crippen molar-refractivity contribution in [2.24, 2.45) is 7.05 Å². The predicted molar refractivity (Wildman–Crippen MR) is 76.7 cm³/mol. The molecule has 0 radical (unpaired) electrons. The van der Waals surface area contributed by atoms with Crippen molar-refractivity contribution in [3.63, 3.8) is 0 Å². The largest absolute Gasteiger partial charge is 0.373 e. The van der Waals surface area contributed by atoms with Gasteiger partial charge >= 0.3 is 0 Å². The van der Waals surface area contributed by atoms with Gasteiger partial charge < -0.3 is 10.1 Å². The van der Waals surface area contributed by atoms with Crippen LogP contribution in [0.5, 0.6) is 0 Å². The van der Waals surface area contributed by atoms with Crippen LogP contribution in [0, 0.1) is 6.92 Å². The molecule has 0 aromatic carbocycles. The van der Waals surface area contributed by atoms with E-state index in [1.807, 2.05) is 14.0 Å². The molecule has 1 N–H and O–H groups in total. The Bertz CT molecular complexity index is 462. The summed E-state index contributed by atoms with van der Waals surface area (Å²) in [6.45, 7) is 9.40. The van der Waals surface area contributed by atoms with Crippen molar-refractivity contribution in [1.29, 1.82) is 0 Å². The second kappa shape index (κ2) is 6.37. The molecule has 1 amide bonds. The van der Waals surface area contributed by atoms with E-state index in [2.05, 4.69) is 29.2 Å². The molecule has 2 unspecified atom stereocenters. The highest BCUT2D eigenvalue weighted by Crippen LogP contribution is 2.10. The highest BCUT2D eigenvalue weighted by molar-refractivity contribution is 5.94. The summed E-state index contributed by atoms with van der Waals surface area (Å²) in [5.41, 5.74) is 1.53. The first kappa shape index (κ1) is 15.0. The number of rotatable bonds is 4. The van der Waals surface area contributed by atoms with Gasteiger partial charge in [0.15, 0.2) is 0 Å². The fraction of sp³-hybridized carbons (Fsp3) is 0.714. The summed E-state index contributed by atoms with van der Waals surface area (Å²) in [6.07, 6.45) is 2.13. The molecule has 0 saturated carbocycles. The maximum absolute atomic E-state index is 12.0. The van der Waals surface area contributed by atoms with Gasteiger partial charge in [-0.05, 0) is 20.8 Å². The summed E-state index contributed by atoms with van der Waals surface area (Å²) in [7, 11) is 1.84. The van der Waals surface area contributed by atoms with E-state index in [0.29, 0.717) is 12.1 Å². The number of ether oxygens (including phenoxy) is 1. The third-order valence-corrected chi connectivity index (χ3v) is 3.69. The van der Waals surface area contributed by atoms with Crippen LogP contribution in [0.2, 0.25) is 0 Å². The van der Waals surface area contributed by atoms with Gasteiger partial charge in [-0.15, -0.1) is 0 Å². The smallest absolute Gasteiger partial charge is 0.254 e. The van der Waals surface area contributed by atoms with E-state index in [0.717, 1.165) is 25.3 Å². The molecule has 0 aliphatic carbocycles. The first-order valence-corrected chi connectivity index (χ1v) is 7.12. The first-order valence-electron chi connectivity index (χ1n) is 7.12. The van der Waals surface area contributed by atoms with Gasteiger partial charge in [-0.25, -0.2) is 0 Å². The van der Waals surface area contributed by atoms with E-state index < -0.39 is 0 Å². The zero-order valence-electron chi connectivity index (χ0n) is 12.7. The second-order valence-corrected chi connectivity index (χ2v) is 5.54. The monoisotopic (exact) mass is 280 g/mol. The molecule has 1 aromatic heterocycles. The molecule has 2 rings (SSSR count). The van der Waals surface area contributed by atoms with Crippen LogP contribution in [0.3, 0.4) is 0 Å². The molecular weight excluding hydrogens is 256 g/mol. The van der Waals surface area contributed by atoms with E-state index in [-0.39, 0.29) is 18.1 Å². The highest BCUT2D eigenvalue weighted by Gasteiger charge is 2.21. The van der Waals surface area contributed by atoms with Gasteiger partial charge in [0.1, 0.15) is 0 Å². The number of nitrogens with one attached hydrogen (secondary N) is 1. The molecule has 1 aliphatic heterocycles. The van der Waals surface area contributed by atoms with Gasteiger partial charge in [0.05, 0.1) is 24.0 Å². The molecule has 1 saturated heterocycles. The average Bonchev–Trinajstić information content (AvgIpc) is 2.69. The van der Waals surface area contributed by atoms with Crippen LogP contribution in [-0.2, 0) is 11.8 Å². The van der Waals surface area contributed by atoms with Crippen LogP contribution in [0.15, 0.2) is 6.20 Å². The van der Waals surface area contributed by atoms with Crippen LogP contribution in [0.25, 0.3) is 0 Å². The van der Waals surface area contributed by atoms with Gasteiger partial charge in [0.2, 0.25) is 0 Å². The molecule has 20 heavy (non-hydrogen) atoms. The second-order valence-electron chi connectivity index (χ2n) is 5.54. The molecule has 0 bridgehead atoms. The third kappa shape index (κ3) is 3.58. The third-order valence-electron chi connectivity index (χ3n) is 3.69. The molecule has 1 aliphatic rings. The lowest BCUT2D eigenvalue weighted by molar-refractivity contribution is -0.0672. The summed E-state index contributed by atoms with van der Waals surface area (Å²) < 4.78 is 7.40. The van der Waals surface area contributed by atoms with Gasteiger partial charge in [-0.1, -0.05) is 0 Å². The molecule has 1 fully saturated rings. The average molecular weight is 280 g/mol. The van der Waals surface area contributed by atoms with Crippen molar-refractivity contribution in [3.8, 4) is 0 Å². The molecular formula is C14H24N4O2. The van der Waals surface area contributed by atoms with Crippen molar-refractivity contribution in [1.82, 2.24) is 20.0 Å². The van der Waals surface area contributed by atoms with Crippen LogP contribution in [-0.4, -0.2) is 59.0 Å². The SMILES string of the molecule is Cc1c(C(=O)NCCN2CC(C)OC(C)C2)cnn1C. The Morgan fingerprint density at radius 2 is 2.10 bits per heavy atom. The zero-order valence-corrected chi connectivity index (χ0v) is 12.7. The van der Waals surface area contributed by atoms with Gasteiger partial charge in [-0.3, -0.25) is 14.4 Å². The van der Waals surface area contributed by atoms with E-state index in [9.17, 15) is 4.79 Å². The number of carbonyl (C=O) groups excluding carboxylic acids is 1. The maximum Gasteiger partial charge on any atom is 0.254 e. The Hall–Kier alpha value is -1.40. The number of hydrogen-bond donors (Lipinski definition) is 1. The van der Waals surface area contributed by atoms with Crippen LogP contribution >= 0.6 is 0 Å². The fourth-order valence-corrected chi connectivity index (χ4v) is 2.61. The van der Waals surface area contributed by atoms with Crippen LogP contribution in [0.4, 0.5) is 0 Å². The lowest BCUT2D eigenvalue weighted by atomic mass is 10.2. The van der Waals surface area contributed by atoms with E-state index in [4.69, 9.17) is 4.74 Å². The molecule has 6 heteroatoms. The standard InChI is InChI=1S/C14H24N4O2/c1-10-8-18(9-11(2)20-10)6-5-15-14(19)13-7-16-17(4)12(13)3/h7,10-11H,5-6,8-9H2,1-4H3,(H,15,19). The molecule has 2 atom stereocenters. The number of carbonyl (C=O) groups is 1. The number of aromatic nitrogens is 2. The lowest BCUT2D eigenvalue weighted by Gasteiger charge is -2.35. The van der Waals surface area contributed by atoms with Crippen molar-refractivity contribution in [2.75, 3.05) is 26.2 Å². The Labute approximate surface area is 120 Å². The minimum atomic E-state index is -0.0510. The lowest BCUT2D eigenvalue weighted by Crippen LogP contribution is -2.47. The summed E-state index contributed by atoms with van der Waals surface area (Å²) in [6, 6.07) is 0. The summed E-state index contributed by atoms with van der Waals surface area (Å²) in [4.78, 5) is 14.4. The normalized spacial score (nSPS) is 23.8. The fourth-order valence-electron chi connectivity index (χ4n) is 2.61. The Morgan fingerprint density at radius 1 is 1.45 bits per heavy atom. The topological polar surface area (TPSA) is 59.4 Å². The number of hydrogen-bond acceptors (Lipinski definition) is 4. The van der Waals surface area contributed by atoms with E-state index >= 15 is 0 Å². The number of nitrogens with zero attached hydrogens (tertiary/aromatic N) is 3. The van der Waals surface area contributed by atoms with Gasteiger partial charge in [0, 0.05) is 38.9 Å². The van der Waals surface area contributed by atoms with Crippen LogP contribution in [0.1, 0.15) is 29.9 Å². The Morgan fingerprint density at radius 3 is 2.65 bits per heavy atom. The highest BCUT2D eigenvalue weighted by atomic mass is 16.5. The van der Waals surface area contributed by atoms with Crippen LogP contribution < -0.4 is 5.32 Å². The molecule has 2 heterocycles. The summed E-state index contributed by atoms with van der Waals surface area (Å²) >= 11 is 0. The predicted octanol–water partition coefficient (Wildman–Crippen LogP) is 0.568. The number of aryl methyl sites for hydroxylation is 1. The Kier molecular flexibility index (Phi) is 4.77. The van der Waals surface area contributed by atoms with Crippen molar-refractivity contribution >= 4 is 5.91 Å². The molecule has 0 spiro atoms.